The number of hydrogen-bond donors (Lipinski definition) is 5. The minimum Gasteiger partial charge on any atom is -0.508 e. The molecule has 250 valence electrons. The SMILES string of the molecule is CO[C@H]1/C=C/C=C/C=C/C[C@H](OC(=O)[C@@H](C)NC(=O)C2=CCCCC2)[C@H](C)[C@@H](O)/C(C)=C\CCc2cc(O)cc(c2O)NC(=O)C1. The van der Waals surface area contributed by atoms with Crippen LogP contribution in [0.15, 0.2) is 71.9 Å². The summed E-state index contributed by atoms with van der Waals surface area (Å²) in [6, 6.07) is 1.85. The van der Waals surface area contributed by atoms with E-state index in [4.69, 9.17) is 9.47 Å². The first kappa shape index (κ1) is 36.3. The number of aliphatic hydroxyl groups excluding tert-OH is 1. The number of aliphatic hydroxyl groups is 1. The van der Waals surface area contributed by atoms with Crippen molar-refractivity contribution in [3.8, 4) is 11.5 Å². The van der Waals surface area contributed by atoms with Gasteiger partial charge in [0.1, 0.15) is 23.6 Å². The molecule has 3 rings (SSSR count). The molecule has 0 aromatic heterocycles. The number of amides is 2. The van der Waals surface area contributed by atoms with E-state index in [-0.39, 0.29) is 29.5 Å². The van der Waals surface area contributed by atoms with Crippen molar-refractivity contribution in [2.24, 2.45) is 5.92 Å². The fourth-order valence-corrected chi connectivity index (χ4v) is 5.39. The molecule has 46 heavy (non-hydrogen) atoms. The second-order valence-electron chi connectivity index (χ2n) is 11.9. The van der Waals surface area contributed by atoms with Crippen LogP contribution in [0.3, 0.4) is 0 Å². The van der Waals surface area contributed by atoms with Gasteiger partial charge in [-0.25, -0.2) is 4.79 Å². The van der Waals surface area contributed by atoms with Gasteiger partial charge in [0, 0.05) is 31.1 Å². The molecule has 0 spiro atoms. The minimum atomic E-state index is -0.949. The molecule has 0 saturated heterocycles. The lowest BCUT2D eigenvalue weighted by molar-refractivity contribution is -0.156. The first-order chi connectivity index (χ1) is 22.0. The second kappa shape index (κ2) is 18.1. The average molecular weight is 637 g/mol. The molecule has 0 fully saturated rings. The third-order valence-corrected chi connectivity index (χ3v) is 8.28. The number of phenolic OH excluding ortho intramolecular Hbond substituents is 2. The summed E-state index contributed by atoms with van der Waals surface area (Å²) in [7, 11) is 1.49. The second-order valence-corrected chi connectivity index (χ2v) is 11.9. The maximum absolute atomic E-state index is 13.1. The molecule has 10 heteroatoms. The van der Waals surface area contributed by atoms with E-state index in [1.807, 2.05) is 18.2 Å². The summed E-state index contributed by atoms with van der Waals surface area (Å²) in [4.78, 5) is 38.5. The average Bonchev–Trinajstić information content (AvgIpc) is 3.04. The molecule has 2 amide bonds. The van der Waals surface area contributed by atoms with Gasteiger partial charge in [-0.05, 0) is 69.6 Å². The number of rotatable bonds is 5. The van der Waals surface area contributed by atoms with Crippen LogP contribution < -0.4 is 10.6 Å². The molecule has 1 aliphatic heterocycles. The first-order valence-corrected chi connectivity index (χ1v) is 15.9. The zero-order valence-corrected chi connectivity index (χ0v) is 27.2. The molecule has 5 atom stereocenters. The zero-order chi connectivity index (χ0) is 33.6. The zero-order valence-electron chi connectivity index (χ0n) is 27.2. The molecule has 1 aromatic carbocycles. The Bertz CT molecular complexity index is 1380. The Morgan fingerprint density at radius 1 is 1.04 bits per heavy atom. The van der Waals surface area contributed by atoms with E-state index in [2.05, 4.69) is 10.6 Å². The molecule has 0 unspecified atom stereocenters. The summed E-state index contributed by atoms with van der Waals surface area (Å²) in [5.41, 5.74) is 1.86. The van der Waals surface area contributed by atoms with Crippen LogP contribution >= 0.6 is 0 Å². The largest absolute Gasteiger partial charge is 0.508 e. The van der Waals surface area contributed by atoms with Crippen molar-refractivity contribution >= 4 is 23.5 Å². The fraction of sp³-hybridized carbons (Fsp3) is 0.472. The van der Waals surface area contributed by atoms with Gasteiger partial charge in [0.15, 0.2) is 0 Å². The molecular weight excluding hydrogens is 588 g/mol. The van der Waals surface area contributed by atoms with Crippen molar-refractivity contribution in [2.45, 2.75) is 96.5 Å². The fourth-order valence-electron chi connectivity index (χ4n) is 5.39. The molecular formula is C36H48N2O8. The molecule has 2 bridgehead atoms. The number of fused-ring (bicyclic) bond motifs is 2. The van der Waals surface area contributed by atoms with Crippen LogP contribution in [-0.2, 0) is 30.3 Å². The van der Waals surface area contributed by atoms with E-state index in [1.54, 1.807) is 51.2 Å². The summed E-state index contributed by atoms with van der Waals surface area (Å²) in [5.74, 6) is -2.00. The van der Waals surface area contributed by atoms with Crippen molar-refractivity contribution in [1.29, 1.82) is 0 Å². The normalized spacial score (nSPS) is 27.3. The highest BCUT2D eigenvalue weighted by Crippen LogP contribution is 2.34. The van der Waals surface area contributed by atoms with Gasteiger partial charge in [-0.1, -0.05) is 55.5 Å². The highest BCUT2D eigenvalue weighted by molar-refractivity contribution is 5.96. The molecule has 5 N–H and O–H groups in total. The van der Waals surface area contributed by atoms with Gasteiger partial charge in [0.25, 0.3) is 0 Å². The smallest absolute Gasteiger partial charge is 0.328 e. The first-order valence-electron chi connectivity index (χ1n) is 15.9. The number of methoxy groups -OCH3 is 1. The van der Waals surface area contributed by atoms with Crippen LogP contribution in [0.5, 0.6) is 11.5 Å². The number of ether oxygens (including phenoxy) is 2. The number of aromatic hydroxyl groups is 2. The highest BCUT2D eigenvalue weighted by Gasteiger charge is 2.30. The quantitative estimate of drug-likeness (QED) is 0.126. The maximum atomic E-state index is 13.1. The number of allylic oxidation sites excluding steroid dienone is 6. The predicted octanol–water partition coefficient (Wildman–Crippen LogP) is 5.31. The number of phenols is 2. The number of esters is 1. The number of benzene rings is 1. The van der Waals surface area contributed by atoms with Crippen molar-refractivity contribution in [1.82, 2.24) is 5.32 Å². The Hall–Kier alpha value is -4.15. The van der Waals surface area contributed by atoms with E-state index in [9.17, 15) is 29.7 Å². The van der Waals surface area contributed by atoms with Crippen LogP contribution in [0.2, 0.25) is 0 Å². The van der Waals surface area contributed by atoms with Gasteiger partial charge in [-0.2, -0.15) is 0 Å². The third kappa shape index (κ3) is 11.0. The lowest BCUT2D eigenvalue weighted by Crippen LogP contribution is -2.43. The van der Waals surface area contributed by atoms with Gasteiger partial charge in [-0.3, -0.25) is 9.59 Å². The van der Waals surface area contributed by atoms with E-state index >= 15 is 0 Å². The van der Waals surface area contributed by atoms with E-state index < -0.39 is 42.1 Å². The summed E-state index contributed by atoms with van der Waals surface area (Å²) < 4.78 is 11.3. The Morgan fingerprint density at radius 3 is 2.52 bits per heavy atom. The number of hydrogen-bond acceptors (Lipinski definition) is 8. The minimum absolute atomic E-state index is 0.0116. The van der Waals surface area contributed by atoms with Gasteiger partial charge < -0.3 is 35.4 Å². The van der Waals surface area contributed by atoms with Crippen molar-refractivity contribution in [2.75, 3.05) is 12.4 Å². The molecule has 0 radical (unpaired) electrons. The lowest BCUT2D eigenvalue weighted by atomic mass is 9.90. The third-order valence-electron chi connectivity index (χ3n) is 8.28. The van der Waals surface area contributed by atoms with Crippen LogP contribution in [0.1, 0.15) is 71.3 Å². The summed E-state index contributed by atoms with van der Waals surface area (Å²) in [6.45, 7) is 5.17. The Kier molecular flexibility index (Phi) is 14.3. The number of carbonyl (C=O) groups is 3. The van der Waals surface area contributed by atoms with E-state index in [0.717, 1.165) is 19.3 Å². The topological polar surface area (TPSA) is 154 Å². The Morgan fingerprint density at radius 2 is 1.80 bits per heavy atom. The number of carbonyl (C=O) groups excluding carboxylic acids is 3. The van der Waals surface area contributed by atoms with Crippen LogP contribution in [0, 0.1) is 5.92 Å². The van der Waals surface area contributed by atoms with Crippen LogP contribution in [-0.4, -0.2) is 64.6 Å². The van der Waals surface area contributed by atoms with Crippen molar-refractivity contribution in [3.05, 3.63) is 77.5 Å². The highest BCUT2D eigenvalue weighted by atomic mass is 16.5. The molecule has 10 nitrogen and oxygen atoms in total. The number of aryl methyl sites for hydroxylation is 1. The van der Waals surface area contributed by atoms with Crippen LogP contribution in [0.4, 0.5) is 5.69 Å². The van der Waals surface area contributed by atoms with E-state index in [1.165, 1.54) is 19.2 Å². The molecule has 1 aliphatic carbocycles. The van der Waals surface area contributed by atoms with Gasteiger partial charge in [-0.15, -0.1) is 0 Å². The monoisotopic (exact) mass is 636 g/mol. The molecule has 1 aromatic rings. The molecule has 2 aliphatic rings. The van der Waals surface area contributed by atoms with Gasteiger partial charge in [0.2, 0.25) is 11.8 Å². The molecule has 0 saturated carbocycles. The summed E-state index contributed by atoms with van der Waals surface area (Å²) >= 11 is 0. The summed E-state index contributed by atoms with van der Waals surface area (Å²) in [6.07, 6.45) is 16.8. The number of nitrogens with one attached hydrogen (secondary N) is 2. The number of anilines is 1. The Labute approximate surface area is 271 Å². The Balaban J connectivity index is 1.83. The molecule has 1 heterocycles. The van der Waals surface area contributed by atoms with Gasteiger partial charge >= 0.3 is 5.97 Å². The van der Waals surface area contributed by atoms with Crippen molar-refractivity contribution < 1.29 is 39.2 Å². The van der Waals surface area contributed by atoms with Gasteiger partial charge in [0.05, 0.1) is 24.3 Å². The standard InChI is InChI=1S/C36H48N2O8/c1-23-14-13-17-27-20-28(39)21-30(34(27)42)38-32(40)22-29(45-4)18-11-6-5-7-12-19-31(24(2)33(23)41)46-36(44)25(3)37-35(43)26-15-9-8-10-16-26/h5-7,11-12,14-15,18,20-21,24-25,29,31,33,39,41-42H,8-10,13,16-17,19,22H2,1-4H3,(H,37,43)(H,38,40)/b6-5+,12-7+,18-11+,23-14-/t24-,25+,29-,31-,33-/m0/s1. The van der Waals surface area contributed by atoms with Crippen molar-refractivity contribution in [3.63, 3.8) is 0 Å². The van der Waals surface area contributed by atoms with E-state index in [0.29, 0.717) is 42.4 Å². The predicted molar refractivity (Wildman–Crippen MR) is 177 cm³/mol. The summed E-state index contributed by atoms with van der Waals surface area (Å²) in [5, 5.41) is 37.7. The maximum Gasteiger partial charge on any atom is 0.328 e. The lowest BCUT2D eigenvalue weighted by Gasteiger charge is -2.29. The van der Waals surface area contributed by atoms with Crippen LogP contribution in [0.25, 0.3) is 0 Å².